The molecule has 11 heteroatoms. The lowest BCUT2D eigenvalue weighted by atomic mass is 10.2. The molecule has 1 aromatic heterocycles. The molecule has 0 saturated carbocycles. The van der Waals surface area contributed by atoms with Crippen LogP contribution in [-0.4, -0.2) is 39.7 Å². The van der Waals surface area contributed by atoms with Crippen LogP contribution in [-0.2, 0) is 14.8 Å². The molecule has 0 radical (unpaired) electrons. The molecule has 1 aromatic carbocycles. The van der Waals surface area contributed by atoms with Crippen LogP contribution in [0.2, 0.25) is 5.02 Å². The molecule has 0 unspecified atom stereocenters. The van der Waals surface area contributed by atoms with Crippen LogP contribution >= 0.6 is 11.6 Å². The largest absolute Gasteiger partial charge is 0.380 e. The first-order valence-electron chi connectivity index (χ1n) is 7.83. The highest BCUT2D eigenvalue weighted by molar-refractivity contribution is 7.92. The number of pyridine rings is 1. The fourth-order valence-corrected chi connectivity index (χ4v) is 4.30. The van der Waals surface area contributed by atoms with E-state index in [1.54, 1.807) is 4.90 Å². The molecule has 1 saturated heterocycles. The van der Waals surface area contributed by atoms with E-state index >= 15 is 0 Å². The highest BCUT2D eigenvalue weighted by Crippen LogP contribution is 2.36. The lowest BCUT2D eigenvalue weighted by molar-refractivity contribution is 0.121. The van der Waals surface area contributed by atoms with Gasteiger partial charge in [0.1, 0.15) is 16.7 Å². The first-order valence-corrected chi connectivity index (χ1v) is 9.69. The second-order valence-corrected chi connectivity index (χ2v) is 7.88. The number of nitrogens with zero attached hydrogens (tertiary/aromatic N) is 2. The summed E-state index contributed by atoms with van der Waals surface area (Å²) in [4.78, 5) is 3.66. The Balaban J connectivity index is 1.98. The molecular weight excluding hydrogens is 407 g/mol. The minimum absolute atomic E-state index is 0.0362. The van der Waals surface area contributed by atoms with E-state index in [0.29, 0.717) is 19.5 Å². The second-order valence-electron chi connectivity index (χ2n) is 5.88. The van der Waals surface area contributed by atoms with Gasteiger partial charge in [-0.1, -0.05) is 17.7 Å². The SMILES string of the molecule is CO[C@H]1CCN(c2cc(F)c(S(=O)(=O)Nc3cccc(F)n3)c(F)c2Cl)C1. The number of ether oxygens (including phenoxy) is 1. The average Bonchev–Trinajstić information content (AvgIpc) is 3.06. The van der Waals surface area contributed by atoms with Crippen molar-refractivity contribution < 1.29 is 26.3 Å². The number of anilines is 2. The van der Waals surface area contributed by atoms with E-state index in [0.717, 1.165) is 18.2 Å². The van der Waals surface area contributed by atoms with Gasteiger partial charge in [0.25, 0.3) is 10.0 Å². The number of methoxy groups -OCH3 is 1. The van der Waals surface area contributed by atoms with E-state index in [4.69, 9.17) is 16.3 Å². The Labute approximate surface area is 159 Å². The smallest absolute Gasteiger partial charge is 0.268 e. The number of rotatable bonds is 5. The maximum atomic E-state index is 14.7. The molecule has 1 aliphatic rings. The zero-order valence-electron chi connectivity index (χ0n) is 14.0. The molecule has 0 aliphatic carbocycles. The van der Waals surface area contributed by atoms with Crippen molar-refractivity contribution in [2.75, 3.05) is 29.8 Å². The third-order valence-corrected chi connectivity index (χ3v) is 5.89. The maximum absolute atomic E-state index is 14.7. The van der Waals surface area contributed by atoms with Crippen molar-refractivity contribution in [3.63, 3.8) is 0 Å². The average molecular weight is 422 g/mol. The van der Waals surface area contributed by atoms with Crippen LogP contribution in [0.15, 0.2) is 29.2 Å². The number of sulfonamides is 1. The fourth-order valence-electron chi connectivity index (χ4n) is 2.84. The van der Waals surface area contributed by atoms with Gasteiger partial charge in [0.05, 0.1) is 11.8 Å². The zero-order chi connectivity index (χ0) is 19.8. The Bertz CT molecular complexity index is 975. The van der Waals surface area contributed by atoms with Crippen LogP contribution in [0.3, 0.4) is 0 Å². The van der Waals surface area contributed by atoms with Crippen LogP contribution < -0.4 is 9.62 Å². The number of halogens is 4. The van der Waals surface area contributed by atoms with Gasteiger partial charge < -0.3 is 9.64 Å². The molecule has 1 aliphatic heterocycles. The highest BCUT2D eigenvalue weighted by Gasteiger charge is 2.32. The van der Waals surface area contributed by atoms with Crippen LogP contribution in [0, 0.1) is 17.6 Å². The molecule has 0 amide bonds. The van der Waals surface area contributed by atoms with Crippen molar-refractivity contribution in [3.05, 3.63) is 46.9 Å². The Morgan fingerprint density at radius 3 is 2.70 bits per heavy atom. The summed E-state index contributed by atoms with van der Waals surface area (Å²) < 4.78 is 74.2. The molecule has 2 aromatic rings. The number of hydrogen-bond donors (Lipinski definition) is 1. The van der Waals surface area contributed by atoms with Crippen molar-refractivity contribution >= 4 is 33.1 Å². The van der Waals surface area contributed by atoms with Gasteiger partial charge in [-0.3, -0.25) is 4.72 Å². The number of hydrogen-bond acceptors (Lipinski definition) is 5. The first kappa shape index (κ1) is 19.7. The van der Waals surface area contributed by atoms with Crippen molar-refractivity contribution in [1.29, 1.82) is 0 Å². The summed E-state index contributed by atoms with van der Waals surface area (Å²) >= 11 is 5.98. The van der Waals surface area contributed by atoms with Crippen molar-refractivity contribution in [1.82, 2.24) is 4.98 Å². The standard InChI is InChI=1S/C16H15ClF3N3O3S/c1-26-9-5-6-23(8-9)11-7-10(18)16(15(20)14(11)17)27(24,25)22-13-4-2-3-12(19)21-13/h2-4,7,9H,5-6,8H2,1H3,(H,21,22)/t9-/m0/s1. The summed E-state index contributed by atoms with van der Waals surface area (Å²) in [6, 6.07) is 4.19. The Morgan fingerprint density at radius 2 is 2.07 bits per heavy atom. The Morgan fingerprint density at radius 1 is 1.33 bits per heavy atom. The predicted molar refractivity (Wildman–Crippen MR) is 94.0 cm³/mol. The zero-order valence-corrected chi connectivity index (χ0v) is 15.6. The molecule has 146 valence electrons. The Kier molecular flexibility index (Phi) is 5.50. The van der Waals surface area contributed by atoms with Gasteiger partial charge in [-0.25, -0.2) is 22.2 Å². The first-order chi connectivity index (χ1) is 12.7. The number of nitrogens with one attached hydrogen (secondary N) is 1. The molecule has 3 rings (SSSR count). The molecule has 1 fully saturated rings. The van der Waals surface area contributed by atoms with Crippen molar-refractivity contribution in [2.24, 2.45) is 0 Å². The van der Waals surface area contributed by atoms with Gasteiger partial charge in [-0.2, -0.15) is 4.39 Å². The van der Waals surface area contributed by atoms with Crippen molar-refractivity contribution in [2.45, 2.75) is 17.4 Å². The second kappa shape index (κ2) is 7.53. The summed E-state index contributed by atoms with van der Waals surface area (Å²) in [6.07, 6.45) is 0.527. The quantitative estimate of drug-likeness (QED) is 0.593. The monoisotopic (exact) mass is 421 g/mol. The van der Waals surface area contributed by atoms with Crippen molar-refractivity contribution in [3.8, 4) is 0 Å². The Hall–Kier alpha value is -2.04. The van der Waals surface area contributed by atoms with Gasteiger partial charge in [-0.05, 0) is 18.6 Å². The molecule has 1 N–H and O–H groups in total. The normalized spacial score (nSPS) is 17.4. The summed E-state index contributed by atoms with van der Waals surface area (Å²) in [5.41, 5.74) is 0.0362. The van der Waals surface area contributed by atoms with Gasteiger partial charge in [0.15, 0.2) is 10.7 Å². The van der Waals surface area contributed by atoms with Crippen LogP contribution in [0.25, 0.3) is 0 Å². The summed E-state index contributed by atoms with van der Waals surface area (Å²) in [5, 5.41) is -0.527. The highest BCUT2D eigenvalue weighted by atomic mass is 35.5. The van der Waals surface area contributed by atoms with Crippen LogP contribution in [0.1, 0.15) is 6.42 Å². The summed E-state index contributed by atoms with van der Waals surface area (Å²) in [7, 11) is -3.20. The third-order valence-electron chi connectivity index (χ3n) is 4.14. The van der Waals surface area contributed by atoms with Gasteiger partial charge in [-0.15, -0.1) is 0 Å². The molecule has 1 atom stereocenters. The number of aromatic nitrogens is 1. The minimum atomic E-state index is -4.73. The van der Waals surface area contributed by atoms with Gasteiger partial charge >= 0.3 is 0 Å². The van der Waals surface area contributed by atoms with Crippen LogP contribution in [0.4, 0.5) is 24.7 Å². The summed E-state index contributed by atoms with van der Waals surface area (Å²) in [6.45, 7) is 0.821. The minimum Gasteiger partial charge on any atom is -0.380 e. The maximum Gasteiger partial charge on any atom is 0.268 e. The molecule has 6 nitrogen and oxygen atoms in total. The van der Waals surface area contributed by atoms with E-state index in [9.17, 15) is 21.6 Å². The molecule has 27 heavy (non-hydrogen) atoms. The third kappa shape index (κ3) is 3.97. The van der Waals surface area contributed by atoms with E-state index in [2.05, 4.69) is 4.98 Å². The molecular formula is C16H15ClF3N3O3S. The topological polar surface area (TPSA) is 71.5 Å². The van der Waals surface area contributed by atoms with Crippen LogP contribution in [0.5, 0.6) is 0 Å². The van der Waals surface area contributed by atoms with Gasteiger partial charge in [0, 0.05) is 26.3 Å². The lowest BCUT2D eigenvalue weighted by Gasteiger charge is -2.21. The van der Waals surface area contributed by atoms with E-state index < -0.39 is 43.3 Å². The van der Waals surface area contributed by atoms with Gasteiger partial charge in [0.2, 0.25) is 5.95 Å². The fraction of sp³-hybridized carbons (Fsp3) is 0.312. The molecule has 2 heterocycles. The predicted octanol–water partition coefficient (Wildman–Crippen LogP) is 3.18. The van der Waals surface area contributed by atoms with E-state index in [1.807, 2.05) is 4.72 Å². The molecule has 0 spiro atoms. The summed E-state index contributed by atoms with van der Waals surface area (Å²) in [5.74, 6) is -4.13. The van der Waals surface area contributed by atoms with E-state index in [-0.39, 0.29) is 11.8 Å². The number of benzene rings is 1. The van der Waals surface area contributed by atoms with E-state index in [1.165, 1.54) is 13.2 Å². The lowest BCUT2D eigenvalue weighted by Crippen LogP contribution is -2.24. The molecule has 0 bridgehead atoms.